The van der Waals surface area contributed by atoms with Crippen molar-refractivity contribution in [2.24, 2.45) is 0 Å². The Kier molecular flexibility index (Phi) is 9.03. The van der Waals surface area contributed by atoms with Crippen molar-refractivity contribution in [2.75, 3.05) is 20.3 Å². The van der Waals surface area contributed by atoms with Gasteiger partial charge in [0, 0.05) is 12.6 Å². The predicted molar refractivity (Wildman–Crippen MR) is 123 cm³/mol. The van der Waals surface area contributed by atoms with Crippen molar-refractivity contribution in [3.05, 3.63) is 71.8 Å². The lowest BCUT2D eigenvalue weighted by atomic mass is 10.0. The summed E-state index contributed by atoms with van der Waals surface area (Å²) in [5, 5.41) is 0. The van der Waals surface area contributed by atoms with Crippen LogP contribution in [-0.2, 0) is 36.2 Å². The topological polar surface area (TPSA) is 77.5 Å². The highest BCUT2D eigenvalue weighted by Crippen LogP contribution is 2.44. The first-order valence-corrected chi connectivity index (χ1v) is 12.4. The number of phosphoric acid groups is 1. The number of ether oxygens (including phenoxy) is 2. The van der Waals surface area contributed by atoms with Gasteiger partial charge < -0.3 is 14.4 Å². The zero-order valence-corrected chi connectivity index (χ0v) is 19.9. The van der Waals surface area contributed by atoms with E-state index in [9.17, 15) is 9.46 Å². The lowest BCUT2D eigenvalue weighted by Gasteiger charge is -2.30. The van der Waals surface area contributed by atoms with Gasteiger partial charge in [-0.1, -0.05) is 60.7 Å². The SMILES string of the molecule is CN(Cc1ccccc1)C(CCOP(=O)(O)OCc1ccccc1)CC1COC(C)(C)O1. The number of rotatable bonds is 12. The standard InChI is InChI=1S/C24H34NO6P/c1-24(2)28-19-23(31-24)16-22(25(3)17-20-10-6-4-7-11-20)14-15-29-32(26,27)30-18-21-12-8-5-9-13-21/h4-13,22-23H,14-19H2,1-3H3,(H,26,27). The van der Waals surface area contributed by atoms with Gasteiger partial charge in [0.05, 0.1) is 25.9 Å². The smallest absolute Gasteiger partial charge is 0.348 e. The summed E-state index contributed by atoms with van der Waals surface area (Å²) in [5.41, 5.74) is 2.01. The molecule has 1 aliphatic heterocycles. The molecule has 2 aromatic carbocycles. The van der Waals surface area contributed by atoms with Gasteiger partial charge >= 0.3 is 7.82 Å². The van der Waals surface area contributed by atoms with Crippen LogP contribution < -0.4 is 0 Å². The summed E-state index contributed by atoms with van der Waals surface area (Å²) in [5.74, 6) is -0.588. The van der Waals surface area contributed by atoms with Gasteiger partial charge in [-0.25, -0.2) is 4.57 Å². The molecule has 3 rings (SSSR count). The van der Waals surface area contributed by atoms with Gasteiger partial charge in [-0.2, -0.15) is 0 Å². The quantitative estimate of drug-likeness (QED) is 0.455. The van der Waals surface area contributed by atoms with E-state index in [1.165, 1.54) is 5.56 Å². The minimum absolute atomic E-state index is 0.0221. The minimum Gasteiger partial charge on any atom is -0.348 e. The van der Waals surface area contributed by atoms with Crippen LogP contribution in [0.25, 0.3) is 0 Å². The Bertz CT molecular complexity index is 863. The largest absolute Gasteiger partial charge is 0.472 e. The van der Waals surface area contributed by atoms with Crippen LogP contribution in [0.4, 0.5) is 0 Å². The second-order valence-electron chi connectivity index (χ2n) is 8.59. The number of benzene rings is 2. The van der Waals surface area contributed by atoms with Crippen LogP contribution in [0.15, 0.2) is 60.7 Å². The maximum absolute atomic E-state index is 12.3. The van der Waals surface area contributed by atoms with E-state index in [2.05, 4.69) is 17.0 Å². The van der Waals surface area contributed by atoms with E-state index in [0.29, 0.717) is 13.0 Å². The van der Waals surface area contributed by atoms with Crippen molar-refractivity contribution in [3.63, 3.8) is 0 Å². The van der Waals surface area contributed by atoms with Crippen molar-refractivity contribution < 1.29 is 28.0 Å². The van der Waals surface area contributed by atoms with Crippen LogP contribution in [0.5, 0.6) is 0 Å². The number of phosphoric ester groups is 1. The second kappa shape index (κ2) is 11.5. The first-order valence-electron chi connectivity index (χ1n) is 10.9. The Labute approximate surface area is 190 Å². The summed E-state index contributed by atoms with van der Waals surface area (Å²) in [6.07, 6.45) is 1.25. The Hall–Kier alpha value is -1.57. The minimum atomic E-state index is -4.14. The molecule has 7 nitrogen and oxygen atoms in total. The third-order valence-electron chi connectivity index (χ3n) is 5.44. The molecule has 176 valence electrons. The molecule has 0 saturated carbocycles. The van der Waals surface area contributed by atoms with E-state index in [1.54, 1.807) is 0 Å². The third kappa shape index (κ3) is 8.41. The van der Waals surface area contributed by atoms with Crippen molar-refractivity contribution in [2.45, 2.75) is 57.8 Å². The molecule has 3 unspecified atom stereocenters. The van der Waals surface area contributed by atoms with Gasteiger partial charge in [0.15, 0.2) is 5.79 Å². The van der Waals surface area contributed by atoms with Crippen LogP contribution in [0, 0.1) is 0 Å². The monoisotopic (exact) mass is 463 g/mol. The first-order chi connectivity index (χ1) is 15.2. The molecule has 8 heteroatoms. The summed E-state index contributed by atoms with van der Waals surface area (Å²) in [6, 6.07) is 19.5. The molecular formula is C24H34NO6P. The van der Waals surface area contributed by atoms with Crippen molar-refractivity contribution in [1.82, 2.24) is 4.90 Å². The Morgan fingerprint density at radius 2 is 1.72 bits per heavy atom. The van der Waals surface area contributed by atoms with E-state index >= 15 is 0 Å². The van der Waals surface area contributed by atoms with Crippen molar-refractivity contribution >= 4 is 7.82 Å². The van der Waals surface area contributed by atoms with Crippen LogP contribution in [0.1, 0.15) is 37.8 Å². The number of nitrogens with zero attached hydrogens (tertiary/aromatic N) is 1. The molecule has 0 radical (unpaired) electrons. The molecule has 2 aromatic rings. The molecule has 0 bridgehead atoms. The van der Waals surface area contributed by atoms with Gasteiger partial charge in [0.1, 0.15) is 0 Å². The molecule has 1 N–H and O–H groups in total. The van der Waals surface area contributed by atoms with Crippen LogP contribution in [0.3, 0.4) is 0 Å². The zero-order valence-electron chi connectivity index (χ0n) is 19.1. The summed E-state index contributed by atoms with van der Waals surface area (Å²) in [6.45, 7) is 5.22. The Morgan fingerprint density at radius 3 is 2.31 bits per heavy atom. The average molecular weight is 464 g/mol. The number of hydrogen-bond acceptors (Lipinski definition) is 6. The van der Waals surface area contributed by atoms with Gasteiger partial charge in [-0.3, -0.25) is 13.9 Å². The fourth-order valence-electron chi connectivity index (χ4n) is 3.77. The van der Waals surface area contributed by atoms with Crippen LogP contribution >= 0.6 is 7.82 Å². The fraction of sp³-hybridized carbons (Fsp3) is 0.500. The van der Waals surface area contributed by atoms with E-state index in [0.717, 1.165) is 18.5 Å². The predicted octanol–water partition coefficient (Wildman–Crippen LogP) is 4.75. The van der Waals surface area contributed by atoms with Gasteiger partial charge in [0.25, 0.3) is 0 Å². The van der Waals surface area contributed by atoms with Crippen LogP contribution in [0.2, 0.25) is 0 Å². The van der Waals surface area contributed by atoms with E-state index in [4.69, 9.17) is 18.5 Å². The molecule has 0 amide bonds. The number of hydrogen-bond donors (Lipinski definition) is 1. The molecule has 1 fully saturated rings. The molecule has 0 aliphatic carbocycles. The molecule has 0 aromatic heterocycles. The highest BCUT2D eigenvalue weighted by molar-refractivity contribution is 7.47. The third-order valence-corrected chi connectivity index (χ3v) is 6.41. The molecular weight excluding hydrogens is 429 g/mol. The maximum atomic E-state index is 12.3. The molecule has 1 saturated heterocycles. The summed E-state index contributed by atoms with van der Waals surface area (Å²) in [4.78, 5) is 12.3. The molecule has 0 spiro atoms. The average Bonchev–Trinajstić information content (AvgIpc) is 3.11. The second-order valence-corrected chi connectivity index (χ2v) is 10.0. The van der Waals surface area contributed by atoms with Gasteiger partial charge in [0.2, 0.25) is 0 Å². The first kappa shape index (κ1) is 25.1. The van der Waals surface area contributed by atoms with E-state index in [-0.39, 0.29) is 25.4 Å². The van der Waals surface area contributed by atoms with E-state index < -0.39 is 13.6 Å². The molecule has 1 aliphatic rings. The van der Waals surface area contributed by atoms with Gasteiger partial charge in [-0.15, -0.1) is 0 Å². The van der Waals surface area contributed by atoms with Crippen molar-refractivity contribution in [1.29, 1.82) is 0 Å². The maximum Gasteiger partial charge on any atom is 0.472 e. The molecule has 3 atom stereocenters. The van der Waals surface area contributed by atoms with Crippen molar-refractivity contribution in [3.8, 4) is 0 Å². The highest BCUT2D eigenvalue weighted by Gasteiger charge is 2.35. The Morgan fingerprint density at radius 1 is 1.09 bits per heavy atom. The Balaban J connectivity index is 1.54. The normalized spacial score (nSPS) is 20.8. The van der Waals surface area contributed by atoms with E-state index in [1.807, 2.05) is 69.4 Å². The summed E-state index contributed by atoms with van der Waals surface area (Å²) in [7, 11) is -2.10. The molecule has 32 heavy (non-hydrogen) atoms. The summed E-state index contributed by atoms with van der Waals surface area (Å²) >= 11 is 0. The van der Waals surface area contributed by atoms with Crippen LogP contribution in [-0.4, -0.2) is 48.0 Å². The lowest BCUT2D eigenvalue weighted by Crippen LogP contribution is -2.36. The molecule has 1 heterocycles. The highest BCUT2D eigenvalue weighted by atomic mass is 31.2. The lowest BCUT2D eigenvalue weighted by molar-refractivity contribution is -0.140. The summed E-state index contributed by atoms with van der Waals surface area (Å²) < 4.78 is 34.4. The zero-order chi connectivity index (χ0) is 23.0. The fourth-order valence-corrected chi connectivity index (χ4v) is 4.50. The van der Waals surface area contributed by atoms with Gasteiger partial charge in [-0.05, 0) is 44.9 Å².